The summed E-state index contributed by atoms with van der Waals surface area (Å²) < 4.78 is 26.2. The maximum Gasteiger partial charge on any atom is 0.244 e. The third-order valence-corrected chi connectivity index (χ3v) is 5.58. The van der Waals surface area contributed by atoms with Gasteiger partial charge in [-0.2, -0.15) is 4.31 Å². The van der Waals surface area contributed by atoms with Gasteiger partial charge in [0.05, 0.1) is 4.90 Å². The van der Waals surface area contributed by atoms with E-state index in [1.807, 2.05) is 7.05 Å². The number of nitrogens with two attached hydrogens (primary N) is 1. The first-order valence-electron chi connectivity index (χ1n) is 6.49. The molecule has 0 bridgehead atoms. The molecule has 2 heterocycles. The van der Waals surface area contributed by atoms with Crippen molar-refractivity contribution in [1.29, 1.82) is 0 Å². The molecule has 0 radical (unpaired) electrons. The Hall–Kier alpha value is -0.890. The van der Waals surface area contributed by atoms with Crippen molar-refractivity contribution in [2.75, 3.05) is 27.2 Å². The van der Waals surface area contributed by atoms with Gasteiger partial charge in [-0.3, -0.25) is 0 Å². The predicted octanol–water partition coefficient (Wildman–Crippen LogP) is 0.188. The van der Waals surface area contributed by atoms with E-state index in [-0.39, 0.29) is 4.90 Å². The average Bonchev–Trinajstić information content (AvgIpc) is 2.99. The summed E-state index contributed by atoms with van der Waals surface area (Å²) >= 11 is 0. The van der Waals surface area contributed by atoms with Crippen molar-refractivity contribution in [3.05, 3.63) is 18.0 Å². The first-order valence-corrected chi connectivity index (χ1v) is 7.93. The number of likely N-dealkylation sites (tertiary alicyclic amines) is 1. The van der Waals surface area contributed by atoms with E-state index in [0.717, 1.165) is 25.1 Å². The Morgan fingerprint density at radius 1 is 1.58 bits per heavy atom. The Balaban J connectivity index is 2.10. The van der Waals surface area contributed by atoms with Gasteiger partial charge >= 0.3 is 0 Å². The van der Waals surface area contributed by atoms with E-state index in [4.69, 9.17) is 5.73 Å². The zero-order chi connectivity index (χ0) is 14.0. The predicted molar refractivity (Wildman–Crippen MR) is 74.2 cm³/mol. The van der Waals surface area contributed by atoms with Crippen LogP contribution in [0.5, 0.6) is 0 Å². The Morgan fingerprint density at radius 2 is 2.32 bits per heavy atom. The quantitative estimate of drug-likeness (QED) is 0.809. The van der Waals surface area contributed by atoms with Crippen molar-refractivity contribution >= 4 is 10.0 Å². The number of sulfonamides is 1. The highest BCUT2D eigenvalue weighted by molar-refractivity contribution is 7.89. The topological polar surface area (TPSA) is 82.4 Å². The van der Waals surface area contributed by atoms with Crippen LogP contribution in [-0.4, -0.2) is 55.8 Å². The number of likely N-dealkylation sites (N-methyl/N-ethyl adjacent to an activating group) is 2. The minimum Gasteiger partial charge on any atom is -0.363 e. The summed E-state index contributed by atoms with van der Waals surface area (Å²) in [5.74, 6) is 0. The number of hydrogen-bond acceptors (Lipinski definition) is 4. The Morgan fingerprint density at radius 3 is 2.84 bits per heavy atom. The number of aromatic nitrogens is 1. The molecular weight excluding hydrogens is 264 g/mol. The third kappa shape index (κ3) is 3.00. The van der Waals surface area contributed by atoms with Crippen LogP contribution >= 0.6 is 0 Å². The van der Waals surface area contributed by atoms with Gasteiger partial charge in [0.1, 0.15) is 0 Å². The van der Waals surface area contributed by atoms with Crippen LogP contribution in [-0.2, 0) is 16.6 Å². The van der Waals surface area contributed by atoms with E-state index in [2.05, 4.69) is 9.88 Å². The molecule has 2 rings (SSSR count). The molecule has 0 spiro atoms. The van der Waals surface area contributed by atoms with Crippen molar-refractivity contribution in [1.82, 2.24) is 14.2 Å². The van der Waals surface area contributed by atoms with E-state index in [1.165, 1.54) is 10.5 Å². The fourth-order valence-electron chi connectivity index (χ4n) is 2.47. The third-order valence-electron chi connectivity index (χ3n) is 3.78. The van der Waals surface area contributed by atoms with E-state index in [1.54, 1.807) is 13.1 Å². The molecule has 19 heavy (non-hydrogen) atoms. The summed E-state index contributed by atoms with van der Waals surface area (Å²) in [6, 6.07) is 1.91. The minimum atomic E-state index is -3.42. The number of aromatic amines is 1. The molecule has 3 N–H and O–H groups in total. The van der Waals surface area contributed by atoms with Crippen LogP contribution in [0.25, 0.3) is 0 Å². The number of nitrogens with one attached hydrogen (secondary N) is 1. The van der Waals surface area contributed by atoms with E-state index >= 15 is 0 Å². The molecule has 0 aromatic carbocycles. The molecule has 1 atom stereocenters. The van der Waals surface area contributed by atoms with Gasteiger partial charge in [-0.05, 0) is 32.5 Å². The molecule has 7 heteroatoms. The van der Waals surface area contributed by atoms with Gasteiger partial charge < -0.3 is 15.6 Å². The molecule has 108 valence electrons. The summed E-state index contributed by atoms with van der Waals surface area (Å²) in [6.07, 6.45) is 3.69. The van der Waals surface area contributed by atoms with Crippen LogP contribution < -0.4 is 5.73 Å². The van der Waals surface area contributed by atoms with E-state index < -0.39 is 10.0 Å². The minimum absolute atomic E-state index is 0.288. The van der Waals surface area contributed by atoms with Gasteiger partial charge in [0.2, 0.25) is 10.0 Å². The molecule has 1 aliphatic rings. The van der Waals surface area contributed by atoms with Crippen LogP contribution in [0.3, 0.4) is 0 Å². The van der Waals surface area contributed by atoms with Crippen molar-refractivity contribution in [2.24, 2.45) is 5.73 Å². The lowest BCUT2D eigenvalue weighted by Crippen LogP contribution is -2.39. The van der Waals surface area contributed by atoms with Crippen LogP contribution in [0, 0.1) is 0 Å². The number of nitrogens with zero attached hydrogens (tertiary/aromatic N) is 2. The largest absolute Gasteiger partial charge is 0.363 e. The second-order valence-corrected chi connectivity index (χ2v) is 7.17. The lowest BCUT2D eigenvalue weighted by molar-refractivity contribution is 0.271. The number of rotatable bonds is 5. The van der Waals surface area contributed by atoms with Gasteiger partial charge in [0.25, 0.3) is 0 Å². The highest BCUT2D eigenvalue weighted by atomic mass is 32.2. The Kier molecular flexibility index (Phi) is 4.29. The molecule has 0 aliphatic carbocycles. The summed E-state index contributed by atoms with van der Waals surface area (Å²) in [7, 11) is 0.259. The lowest BCUT2D eigenvalue weighted by Gasteiger charge is -2.25. The fourth-order valence-corrected chi connectivity index (χ4v) is 3.70. The lowest BCUT2D eigenvalue weighted by atomic mass is 10.2. The maximum atomic E-state index is 12.4. The molecule has 1 unspecified atom stereocenters. The highest BCUT2D eigenvalue weighted by Gasteiger charge is 2.28. The average molecular weight is 286 g/mol. The monoisotopic (exact) mass is 286 g/mol. The zero-order valence-corrected chi connectivity index (χ0v) is 12.3. The normalized spacial score (nSPS) is 21.4. The second-order valence-electron chi connectivity index (χ2n) is 5.13. The molecule has 1 aromatic heterocycles. The molecule has 1 saturated heterocycles. The van der Waals surface area contributed by atoms with Gasteiger partial charge in [0, 0.05) is 38.1 Å². The van der Waals surface area contributed by atoms with Crippen molar-refractivity contribution in [3.63, 3.8) is 0 Å². The zero-order valence-electron chi connectivity index (χ0n) is 11.5. The molecule has 1 aliphatic heterocycles. The molecule has 0 amide bonds. The molecule has 1 aromatic rings. The molecule has 0 saturated carbocycles. The summed E-state index contributed by atoms with van der Waals surface area (Å²) in [4.78, 5) is 5.38. The Bertz CT molecular complexity index is 526. The SMILES string of the molecule is CN1CCCC1CN(C)S(=O)(=O)c1c[nH]c(CN)c1. The van der Waals surface area contributed by atoms with Gasteiger partial charge in [-0.15, -0.1) is 0 Å². The highest BCUT2D eigenvalue weighted by Crippen LogP contribution is 2.20. The summed E-state index contributed by atoms with van der Waals surface area (Å²) in [5, 5.41) is 0. The van der Waals surface area contributed by atoms with Crippen LogP contribution in [0.1, 0.15) is 18.5 Å². The van der Waals surface area contributed by atoms with Gasteiger partial charge in [-0.1, -0.05) is 0 Å². The van der Waals surface area contributed by atoms with Gasteiger partial charge in [-0.25, -0.2) is 8.42 Å². The first-order chi connectivity index (χ1) is 8.95. The van der Waals surface area contributed by atoms with Crippen molar-refractivity contribution < 1.29 is 8.42 Å². The first kappa shape index (κ1) is 14.5. The van der Waals surface area contributed by atoms with Crippen LogP contribution in [0.2, 0.25) is 0 Å². The molecule has 1 fully saturated rings. The van der Waals surface area contributed by atoms with E-state index in [9.17, 15) is 8.42 Å². The maximum absolute atomic E-state index is 12.4. The Labute approximate surface area is 114 Å². The fraction of sp³-hybridized carbons (Fsp3) is 0.667. The standard InChI is InChI=1S/C12H22N4O2S/c1-15-5-3-4-11(15)9-16(2)19(17,18)12-6-10(7-13)14-8-12/h6,8,11,14H,3-5,7,9,13H2,1-2H3. The molecule has 6 nitrogen and oxygen atoms in total. The van der Waals surface area contributed by atoms with Gasteiger partial charge in [0.15, 0.2) is 0 Å². The number of hydrogen-bond donors (Lipinski definition) is 2. The number of H-pyrrole nitrogens is 1. The molecular formula is C12H22N4O2S. The second kappa shape index (κ2) is 5.62. The van der Waals surface area contributed by atoms with E-state index in [0.29, 0.717) is 19.1 Å². The smallest absolute Gasteiger partial charge is 0.244 e. The summed E-state index contributed by atoms with van der Waals surface area (Å²) in [5.41, 5.74) is 6.21. The van der Waals surface area contributed by atoms with Crippen LogP contribution in [0.15, 0.2) is 17.2 Å². The van der Waals surface area contributed by atoms with Crippen molar-refractivity contribution in [2.45, 2.75) is 30.3 Å². The van der Waals surface area contributed by atoms with Crippen molar-refractivity contribution in [3.8, 4) is 0 Å². The summed E-state index contributed by atoms with van der Waals surface area (Å²) in [6.45, 7) is 1.88. The van der Waals surface area contributed by atoms with Crippen LogP contribution in [0.4, 0.5) is 0 Å².